The molecule has 0 saturated heterocycles. The summed E-state index contributed by atoms with van der Waals surface area (Å²) in [5, 5.41) is 4.21. The molecular weight excluding hydrogens is 192 g/mol. The first kappa shape index (κ1) is 9.92. The smallest absolute Gasteiger partial charge is 0.330 e. The van der Waals surface area contributed by atoms with Gasteiger partial charge in [-0.2, -0.15) is 0 Å². The van der Waals surface area contributed by atoms with Crippen molar-refractivity contribution in [2.24, 2.45) is 11.7 Å². The van der Waals surface area contributed by atoms with Crippen molar-refractivity contribution in [2.75, 3.05) is 6.54 Å². The van der Waals surface area contributed by atoms with Gasteiger partial charge in [0.1, 0.15) is 0 Å². The summed E-state index contributed by atoms with van der Waals surface area (Å²) < 4.78 is 3.00. The minimum atomic E-state index is -0.106. The van der Waals surface area contributed by atoms with Gasteiger partial charge in [0, 0.05) is 6.20 Å². The molecule has 2 rings (SSSR count). The third kappa shape index (κ3) is 1.78. The summed E-state index contributed by atoms with van der Waals surface area (Å²) in [6.45, 7) is 3.12. The van der Waals surface area contributed by atoms with E-state index in [9.17, 15) is 4.79 Å². The Kier molecular flexibility index (Phi) is 2.55. The average Bonchev–Trinajstić information content (AvgIpc) is 2.57. The van der Waals surface area contributed by atoms with Crippen LogP contribution in [0.25, 0.3) is 5.65 Å². The van der Waals surface area contributed by atoms with Gasteiger partial charge in [-0.1, -0.05) is 13.0 Å². The second-order valence-electron chi connectivity index (χ2n) is 3.73. The van der Waals surface area contributed by atoms with Crippen molar-refractivity contribution in [1.82, 2.24) is 14.2 Å². The van der Waals surface area contributed by atoms with Crippen LogP contribution in [0.1, 0.15) is 6.92 Å². The van der Waals surface area contributed by atoms with Gasteiger partial charge in [0.25, 0.3) is 0 Å². The molecule has 0 fully saturated rings. The molecule has 0 aliphatic heterocycles. The zero-order chi connectivity index (χ0) is 10.8. The lowest BCUT2D eigenvalue weighted by molar-refractivity contribution is 0.448. The van der Waals surface area contributed by atoms with E-state index >= 15 is 0 Å². The van der Waals surface area contributed by atoms with Crippen LogP contribution in [0.3, 0.4) is 0 Å². The van der Waals surface area contributed by atoms with E-state index in [2.05, 4.69) is 5.10 Å². The van der Waals surface area contributed by atoms with Crippen LogP contribution in [-0.2, 0) is 6.54 Å². The Morgan fingerprint density at radius 3 is 3.00 bits per heavy atom. The number of pyridine rings is 1. The third-order valence-corrected chi connectivity index (χ3v) is 2.38. The fourth-order valence-electron chi connectivity index (χ4n) is 1.46. The Morgan fingerprint density at radius 1 is 1.53 bits per heavy atom. The maximum atomic E-state index is 11.8. The first-order valence-electron chi connectivity index (χ1n) is 4.96. The summed E-state index contributed by atoms with van der Waals surface area (Å²) >= 11 is 0. The predicted molar refractivity (Wildman–Crippen MR) is 57.7 cm³/mol. The maximum Gasteiger partial charge on any atom is 0.350 e. The Bertz CT molecular complexity index is 513. The van der Waals surface area contributed by atoms with Gasteiger partial charge >= 0.3 is 5.69 Å². The summed E-state index contributed by atoms with van der Waals surface area (Å²) in [7, 11) is 0. The van der Waals surface area contributed by atoms with Crippen molar-refractivity contribution < 1.29 is 0 Å². The molecule has 0 saturated carbocycles. The SMILES string of the molecule is CC(CN)Cn1nc2ccccn2c1=O. The second kappa shape index (κ2) is 3.86. The van der Waals surface area contributed by atoms with Crippen molar-refractivity contribution in [3.8, 4) is 0 Å². The van der Waals surface area contributed by atoms with Crippen LogP contribution in [0.5, 0.6) is 0 Å². The van der Waals surface area contributed by atoms with Gasteiger partial charge in [-0.3, -0.25) is 4.40 Å². The number of fused-ring (bicyclic) bond motifs is 1. The van der Waals surface area contributed by atoms with E-state index in [0.29, 0.717) is 18.7 Å². The van der Waals surface area contributed by atoms with Crippen LogP contribution < -0.4 is 11.4 Å². The lowest BCUT2D eigenvalue weighted by Gasteiger charge is -2.05. The number of hydrogen-bond donors (Lipinski definition) is 1. The number of rotatable bonds is 3. The number of nitrogens with two attached hydrogens (primary N) is 1. The van der Waals surface area contributed by atoms with Crippen LogP contribution in [0.4, 0.5) is 0 Å². The van der Waals surface area contributed by atoms with Crippen LogP contribution in [0.2, 0.25) is 0 Å². The Hall–Kier alpha value is -1.62. The van der Waals surface area contributed by atoms with Gasteiger partial charge in [0.2, 0.25) is 0 Å². The summed E-state index contributed by atoms with van der Waals surface area (Å²) in [5.41, 5.74) is 6.08. The largest absolute Gasteiger partial charge is 0.350 e. The van der Waals surface area contributed by atoms with Crippen molar-refractivity contribution >= 4 is 5.65 Å². The molecular formula is C10H14N4O. The van der Waals surface area contributed by atoms with E-state index < -0.39 is 0 Å². The average molecular weight is 206 g/mol. The highest BCUT2D eigenvalue weighted by atomic mass is 16.2. The van der Waals surface area contributed by atoms with Crippen LogP contribution in [0, 0.1) is 5.92 Å². The highest BCUT2D eigenvalue weighted by molar-refractivity contribution is 5.35. The zero-order valence-corrected chi connectivity index (χ0v) is 8.63. The van der Waals surface area contributed by atoms with Crippen LogP contribution in [-0.4, -0.2) is 20.7 Å². The van der Waals surface area contributed by atoms with Gasteiger partial charge < -0.3 is 5.73 Å². The predicted octanol–water partition coefficient (Wildman–Crippen LogP) is 0.0908. The molecule has 0 aliphatic rings. The standard InChI is InChI=1S/C10H14N4O/c1-8(6-11)7-14-10(15)13-5-3-2-4-9(13)12-14/h2-5,8H,6-7,11H2,1H3. The molecule has 5 nitrogen and oxygen atoms in total. The molecule has 0 aromatic carbocycles. The molecule has 2 heterocycles. The number of aromatic nitrogens is 3. The van der Waals surface area contributed by atoms with E-state index in [4.69, 9.17) is 5.73 Å². The summed E-state index contributed by atoms with van der Waals surface area (Å²) in [4.78, 5) is 11.8. The van der Waals surface area contributed by atoms with Gasteiger partial charge in [0.15, 0.2) is 5.65 Å². The van der Waals surface area contributed by atoms with Crippen molar-refractivity contribution in [3.63, 3.8) is 0 Å². The lowest BCUT2D eigenvalue weighted by atomic mass is 10.2. The van der Waals surface area contributed by atoms with Crippen LogP contribution in [0.15, 0.2) is 29.2 Å². The molecule has 2 aromatic heterocycles. The normalized spacial score (nSPS) is 13.2. The van der Waals surface area contributed by atoms with Crippen molar-refractivity contribution in [1.29, 1.82) is 0 Å². The van der Waals surface area contributed by atoms with Crippen molar-refractivity contribution in [2.45, 2.75) is 13.5 Å². The molecule has 0 amide bonds. The molecule has 0 spiro atoms. The third-order valence-electron chi connectivity index (χ3n) is 2.38. The van der Waals surface area contributed by atoms with E-state index in [0.717, 1.165) is 0 Å². The molecule has 0 bridgehead atoms. The maximum absolute atomic E-state index is 11.8. The van der Waals surface area contributed by atoms with Crippen LogP contribution >= 0.6 is 0 Å². The molecule has 15 heavy (non-hydrogen) atoms. The van der Waals surface area contributed by atoms with E-state index in [-0.39, 0.29) is 11.6 Å². The first-order valence-corrected chi connectivity index (χ1v) is 4.96. The summed E-state index contributed by atoms with van der Waals surface area (Å²) in [6, 6.07) is 5.48. The van der Waals surface area contributed by atoms with E-state index in [1.807, 2.05) is 25.1 Å². The van der Waals surface area contributed by atoms with E-state index in [1.54, 1.807) is 6.20 Å². The lowest BCUT2D eigenvalue weighted by Crippen LogP contribution is -2.26. The quantitative estimate of drug-likeness (QED) is 0.774. The number of nitrogens with zero attached hydrogens (tertiary/aromatic N) is 3. The molecule has 0 radical (unpaired) electrons. The number of hydrogen-bond acceptors (Lipinski definition) is 3. The minimum absolute atomic E-state index is 0.106. The molecule has 2 N–H and O–H groups in total. The van der Waals surface area contributed by atoms with Gasteiger partial charge in [-0.15, -0.1) is 5.10 Å². The Labute approximate surface area is 87.1 Å². The first-order chi connectivity index (χ1) is 7.22. The topological polar surface area (TPSA) is 65.3 Å². The van der Waals surface area contributed by atoms with Gasteiger partial charge in [-0.25, -0.2) is 9.48 Å². The van der Waals surface area contributed by atoms with E-state index in [1.165, 1.54) is 9.08 Å². The molecule has 2 aromatic rings. The highest BCUT2D eigenvalue weighted by Crippen LogP contribution is 1.98. The van der Waals surface area contributed by atoms with Gasteiger partial charge in [0.05, 0.1) is 6.54 Å². The fraction of sp³-hybridized carbons (Fsp3) is 0.400. The molecule has 1 unspecified atom stereocenters. The van der Waals surface area contributed by atoms with Crippen molar-refractivity contribution in [3.05, 3.63) is 34.9 Å². The summed E-state index contributed by atoms with van der Waals surface area (Å²) in [6.07, 6.45) is 1.72. The van der Waals surface area contributed by atoms with Gasteiger partial charge in [-0.05, 0) is 24.6 Å². The molecule has 80 valence electrons. The Morgan fingerprint density at radius 2 is 2.33 bits per heavy atom. The highest BCUT2D eigenvalue weighted by Gasteiger charge is 2.08. The monoisotopic (exact) mass is 206 g/mol. The zero-order valence-electron chi connectivity index (χ0n) is 8.63. The second-order valence-corrected chi connectivity index (χ2v) is 3.73. The molecule has 1 atom stereocenters. The minimum Gasteiger partial charge on any atom is -0.330 e. The molecule has 0 aliphatic carbocycles. The Balaban J connectivity index is 2.45. The molecule has 5 heteroatoms. The summed E-state index contributed by atoms with van der Waals surface area (Å²) in [5.74, 6) is 0.257. The fourth-order valence-corrected chi connectivity index (χ4v) is 1.46.